The van der Waals surface area contributed by atoms with Crippen molar-refractivity contribution in [3.8, 4) is 0 Å². The van der Waals surface area contributed by atoms with Crippen LogP contribution >= 0.6 is 11.8 Å². The van der Waals surface area contributed by atoms with Crippen molar-refractivity contribution in [1.82, 2.24) is 0 Å². The summed E-state index contributed by atoms with van der Waals surface area (Å²) in [6.45, 7) is 3.57. The van der Waals surface area contributed by atoms with E-state index in [0.29, 0.717) is 28.2 Å². The number of esters is 1. The molecule has 0 fully saturated rings. The van der Waals surface area contributed by atoms with Gasteiger partial charge in [0.15, 0.2) is 5.78 Å². The number of hydrogen-bond donors (Lipinski definition) is 0. The normalized spacial score (nSPS) is 14.3. The lowest BCUT2D eigenvalue weighted by atomic mass is 9.97. The van der Waals surface area contributed by atoms with E-state index in [9.17, 15) is 14.0 Å². The highest BCUT2D eigenvalue weighted by molar-refractivity contribution is 7.99. The van der Waals surface area contributed by atoms with Crippen molar-refractivity contribution in [1.29, 1.82) is 0 Å². The maximum Gasteiger partial charge on any atom is 0.338 e. The standard InChI is InChI=1S/C13H13FO3S/c1-3-17-13(16)8-6-9(14)12-11(7(8)2)10(15)4-5-18-12/h6H,3-5H2,1-2H3. The molecule has 0 aromatic heterocycles. The Hall–Kier alpha value is -1.36. The molecule has 3 nitrogen and oxygen atoms in total. The van der Waals surface area contributed by atoms with Crippen LogP contribution in [0.4, 0.5) is 4.39 Å². The Morgan fingerprint density at radius 2 is 2.28 bits per heavy atom. The largest absolute Gasteiger partial charge is 0.462 e. The summed E-state index contributed by atoms with van der Waals surface area (Å²) < 4.78 is 18.8. The molecule has 0 spiro atoms. The van der Waals surface area contributed by atoms with Gasteiger partial charge in [-0.05, 0) is 25.5 Å². The Morgan fingerprint density at radius 3 is 2.94 bits per heavy atom. The zero-order valence-electron chi connectivity index (χ0n) is 10.2. The number of halogens is 1. The van der Waals surface area contributed by atoms with Crippen LogP contribution in [0, 0.1) is 12.7 Å². The van der Waals surface area contributed by atoms with Crippen molar-refractivity contribution in [2.75, 3.05) is 12.4 Å². The molecule has 1 aliphatic heterocycles. The Balaban J connectivity index is 2.58. The molecule has 0 atom stereocenters. The van der Waals surface area contributed by atoms with E-state index in [4.69, 9.17) is 4.74 Å². The van der Waals surface area contributed by atoms with E-state index in [1.54, 1.807) is 13.8 Å². The first kappa shape index (κ1) is 13.1. The van der Waals surface area contributed by atoms with E-state index in [-0.39, 0.29) is 18.0 Å². The van der Waals surface area contributed by atoms with Gasteiger partial charge in [0, 0.05) is 17.7 Å². The van der Waals surface area contributed by atoms with Crippen molar-refractivity contribution in [3.63, 3.8) is 0 Å². The zero-order valence-corrected chi connectivity index (χ0v) is 11.0. The second kappa shape index (κ2) is 5.10. The topological polar surface area (TPSA) is 43.4 Å². The minimum atomic E-state index is -0.583. The Morgan fingerprint density at radius 1 is 1.56 bits per heavy atom. The molecule has 0 aliphatic carbocycles. The Bertz CT molecular complexity index is 525. The lowest BCUT2D eigenvalue weighted by molar-refractivity contribution is 0.0524. The molecule has 1 aliphatic rings. The van der Waals surface area contributed by atoms with Crippen molar-refractivity contribution < 1.29 is 18.7 Å². The van der Waals surface area contributed by atoms with Gasteiger partial charge in [-0.3, -0.25) is 4.79 Å². The first-order chi connectivity index (χ1) is 8.56. The van der Waals surface area contributed by atoms with Crippen LogP contribution in [0.1, 0.15) is 39.6 Å². The average Bonchev–Trinajstić information content (AvgIpc) is 2.33. The highest BCUT2D eigenvalue weighted by atomic mass is 32.2. The van der Waals surface area contributed by atoms with Crippen LogP contribution in [-0.2, 0) is 4.74 Å². The molecule has 1 aromatic carbocycles. The molecule has 96 valence electrons. The number of ether oxygens (including phenoxy) is 1. The van der Waals surface area contributed by atoms with E-state index >= 15 is 0 Å². The zero-order chi connectivity index (χ0) is 13.3. The predicted molar refractivity (Wildman–Crippen MR) is 66.8 cm³/mol. The number of benzene rings is 1. The lowest BCUT2D eigenvalue weighted by Crippen LogP contribution is -2.16. The highest BCUT2D eigenvalue weighted by Crippen LogP contribution is 2.36. The van der Waals surface area contributed by atoms with Gasteiger partial charge in [0.1, 0.15) is 5.82 Å². The summed E-state index contributed by atoms with van der Waals surface area (Å²) in [6, 6.07) is 1.16. The maximum atomic E-state index is 13.9. The monoisotopic (exact) mass is 268 g/mol. The van der Waals surface area contributed by atoms with Crippen molar-refractivity contribution in [3.05, 3.63) is 28.6 Å². The van der Waals surface area contributed by atoms with Crippen molar-refractivity contribution in [2.24, 2.45) is 0 Å². The third kappa shape index (κ3) is 2.14. The SMILES string of the molecule is CCOC(=O)c1cc(F)c2c(c1C)C(=O)CCS2. The van der Waals surface area contributed by atoms with Gasteiger partial charge in [0.25, 0.3) is 0 Å². The fourth-order valence-electron chi connectivity index (χ4n) is 1.99. The molecule has 2 rings (SSSR count). The quantitative estimate of drug-likeness (QED) is 0.773. The van der Waals surface area contributed by atoms with E-state index in [0.717, 1.165) is 6.07 Å². The summed E-state index contributed by atoms with van der Waals surface area (Å²) in [7, 11) is 0. The second-order valence-electron chi connectivity index (χ2n) is 3.98. The summed E-state index contributed by atoms with van der Waals surface area (Å²) in [5, 5.41) is 0. The minimum absolute atomic E-state index is 0.105. The van der Waals surface area contributed by atoms with Crippen molar-refractivity contribution in [2.45, 2.75) is 25.2 Å². The molecule has 0 N–H and O–H groups in total. The number of thioether (sulfide) groups is 1. The molecule has 18 heavy (non-hydrogen) atoms. The van der Waals surface area contributed by atoms with Gasteiger partial charge >= 0.3 is 5.97 Å². The third-order valence-corrected chi connectivity index (χ3v) is 3.94. The van der Waals surface area contributed by atoms with E-state index in [1.165, 1.54) is 11.8 Å². The van der Waals surface area contributed by atoms with E-state index in [1.807, 2.05) is 0 Å². The molecule has 1 heterocycles. The van der Waals surface area contributed by atoms with Gasteiger partial charge in [0.05, 0.1) is 17.1 Å². The van der Waals surface area contributed by atoms with Crippen LogP contribution in [0.2, 0.25) is 0 Å². The molecule has 0 bridgehead atoms. The fourth-order valence-corrected chi connectivity index (χ4v) is 3.09. The first-order valence-corrected chi connectivity index (χ1v) is 6.71. The predicted octanol–water partition coefficient (Wildman–Crippen LogP) is 2.99. The molecule has 0 amide bonds. The van der Waals surface area contributed by atoms with Crippen LogP contribution in [0.5, 0.6) is 0 Å². The van der Waals surface area contributed by atoms with Crippen LogP contribution in [0.25, 0.3) is 0 Å². The number of ketones is 1. The lowest BCUT2D eigenvalue weighted by Gasteiger charge is -2.19. The summed E-state index contributed by atoms with van der Waals surface area (Å²) in [6.07, 6.45) is 0.379. The molecule has 1 aromatic rings. The van der Waals surface area contributed by atoms with E-state index < -0.39 is 11.8 Å². The summed E-state index contributed by atoms with van der Waals surface area (Å²) in [5.41, 5.74) is 1.00. The van der Waals surface area contributed by atoms with Gasteiger partial charge in [-0.15, -0.1) is 11.8 Å². The molecule has 5 heteroatoms. The molecule has 0 saturated heterocycles. The molecule has 0 unspecified atom stereocenters. The highest BCUT2D eigenvalue weighted by Gasteiger charge is 2.27. The van der Waals surface area contributed by atoms with Crippen LogP contribution in [0.15, 0.2) is 11.0 Å². The van der Waals surface area contributed by atoms with Gasteiger partial charge in [0.2, 0.25) is 0 Å². The Labute approximate surface area is 109 Å². The van der Waals surface area contributed by atoms with Gasteiger partial charge in [-0.1, -0.05) is 0 Å². The number of rotatable bonds is 2. The number of carbonyl (C=O) groups is 2. The second-order valence-corrected chi connectivity index (χ2v) is 5.08. The molecule has 0 radical (unpaired) electrons. The molecule has 0 saturated carbocycles. The van der Waals surface area contributed by atoms with Gasteiger partial charge in [-0.2, -0.15) is 0 Å². The number of hydrogen-bond acceptors (Lipinski definition) is 4. The van der Waals surface area contributed by atoms with Gasteiger partial charge in [-0.25, -0.2) is 9.18 Å². The van der Waals surface area contributed by atoms with Crippen molar-refractivity contribution >= 4 is 23.5 Å². The smallest absolute Gasteiger partial charge is 0.338 e. The summed E-state index contributed by atoms with van der Waals surface area (Å²) in [5.74, 6) is -0.621. The molecular weight excluding hydrogens is 255 g/mol. The third-order valence-electron chi connectivity index (χ3n) is 2.84. The van der Waals surface area contributed by atoms with E-state index in [2.05, 4.69) is 0 Å². The summed E-state index contributed by atoms with van der Waals surface area (Å²) >= 11 is 1.32. The molecular formula is C13H13FO3S. The van der Waals surface area contributed by atoms with Gasteiger partial charge < -0.3 is 4.74 Å². The first-order valence-electron chi connectivity index (χ1n) is 5.72. The number of fused-ring (bicyclic) bond motifs is 1. The summed E-state index contributed by atoms with van der Waals surface area (Å²) in [4.78, 5) is 23.9. The van der Waals surface area contributed by atoms with Crippen LogP contribution in [0.3, 0.4) is 0 Å². The number of carbonyl (C=O) groups excluding carboxylic acids is 2. The minimum Gasteiger partial charge on any atom is -0.462 e. The van der Waals surface area contributed by atoms with Crippen LogP contribution < -0.4 is 0 Å². The average molecular weight is 268 g/mol. The number of Topliss-reactive ketones (excluding diaryl/α,β-unsaturated/α-hetero) is 1. The van der Waals surface area contributed by atoms with Crippen LogP contribution in [-0.4, -0.2) is 24.1 Å². The Kier molecular flexibility index (Phi) is 3.71. The fraction of sp³-hybridized carbons (Fsp3) is 0.385. The maximum absolute atomic E-state index is 13.9.